The highest BCUT2D eigenvalue weighted by molar-refractivity contribution is 5.93. The maximum atomic E-state index is 13.0. The molecule has 2 heterocycles. The molecule has 2 aromatic rings. The van der Waals surface area contributed by atoms with E-state index in [0.717, 1.165) is 11.1 Å². The molecule has 1 aromatic heterocycles. The minimum Gasteiger partial charge on any atom is -0.495 e. The number of methoxy groups -OCH3 is 1. The van der Waals surface area contributed by atoms with Crippen molar-refractivity contribution in [1.82, 2.24) is 25.8 Å². The van der Waals surface area contributed by atoms with Crippen LogP contribution in [-0.2, 0) is 46.3 Å². The highest BCUT2D eigenvalue weighted by atomic mass is 19.4. The quantitative estimate of drug-likeness (QED) is 0.114. The van der Waals surface area contributed by atoms with Gasteiger partial charge in [-0.25, -0.2) is 4.98 Å². The lowest BCUT2D eigenvalue weighted by atomic mass is 9.81. The molecule has 2 aliphatic rings. The Bertz CT molecular complexity index is 1670. The molecule has 0 bridgehead atoms. The lowest BCUT2D eigenvalue weighted by molar-refractivity contribution is -0.183. The molecule has 59 heavy (non-hydrogen) atoms. The van der Waals surface area contributed by atoms with Crippen molar-refractivity contribution < 1.29 is 61.1 Å². The summed E-state index contributed by atoms with van der Waals surface area (Å²) in [7, 11) is 1.48. The van der Waals surface area contributed by atoms with Gasteiger partial charge in [-0.15, -0.1) is 0 Å². The van der Waals surface area contributed by atoms with E-state index in [-0.39, 0.29) is 82.1 Å². The fourth-order valence-corrected chi connectivity index (χ4v) is 6.53. The molecule has 18 heteroatoms. The summed E-state index contributed by atoms with van der Waals surface area (Å²) in [6, 6.07) is 8.89. The van der Waals surface area contributed by atoms with Crippen molar-refractivity contribution in [2.75, 3.05) is 86.1 Å². The Morgan fingerprint density at radius 2 is 1.54 bits per heavy atom. The lowest BCUT2D eigenvalue weighted by Gasteiger charge is -2.28. The third-order valence-corrected chi connectivity index (χ3v) is 9.81. The third kappa shape index (κ3) is 17.6. The number of carbonyl (C=O) groups is 4. The number of nitrogens with one attached hydrogen (secondary N) is 3. The third-order valence-electron chi connectivity index (χ3n) is 9.81. The molecule has 4 amide bonds. The average molecular weight is 836 g/mol. The van der Waals surface area contributed by atoms with E-state index in [2.05, 4.69) is 20.9 Å². The first-order valence-corrected chi connectivity index (χ1v) is 19.9. The number of aliphatic hydroxyl groups is 1. The Hall–Kier alpha value is -4.62. The van der Waals surface area contributed by atoms with Crippen LogP contribution in [0.25, 0.3) is 6.08 Å². The van der Waals surface area contributed by atoms with E-state index in [4.69, 9.17) is 23.7 Å². The number of nitrogens with zero attached hydrogens (tertiary/aromatic N) is 2. The smallest absolute Gasteiger partial charge is 0.391 e. The molecule has 1 aromatic carbocycles. The van der Waals surface area contributed by atoms with Crippen LogP contribution in [-0.4, -0.2) is 137 Å². The SMILES string of the molecule is COc1cnc(C(=O)NCc2cccc(CC(=O)NCCOCCOCCOCCOCC(=O)NCC(=O)N3CC[C@@H](O)C3)c2)cc1/C=C/[C@H]1CC[C@H](C(F)(F)F)CC1. The van der Waals surface area contributed by atoms with E-state index in [1.165, 1.54) is 18.2 Å². The van der Waals surface area contributed by atoms with Crippen molar-refractivity contribution >= 4 is 29.7 Å². The number of alkyl halides is 3. The summed E-state index contributed by atoms with van der Waals surface area (Å²) in [5.41, 5.74) is 2.33. The molecule has 0 spiro atoms. The Balaban J connectivity index is 1.01. The number of pyridine rings is 1. The number of amides is 4. The van der Waals surface area contributed by atoms with E-state index in [1.807, 2.05) is 24.3 Å². The normalized spacial score (nSPS) is 18.2. The number of ether oxygens (including phenoxy) is 5. The van der Waals surface area contributed by atoms with Crippen molar-refractivity contribution in [2.45, 2.75) is 57.3 Å². The molecule has 2 fully saturated rings. The minimum atomic E-state index is -4.16. The molecule has 0 unspecified atom stereocenters. The van der Waals surface area contributed by atoms with E-state index in [9.17, 15) is 37.5 Å². The van der Waals surface area contributed by atoms with Crippen LogP contribution in [0.15, 0.2) is 42.6 Å². The zero-order chi connectivity index (χ0) is 42.5. The predicted octanol–water partition coefficient (Wildman–Crippen LogP) is 2.84. The average Bonchev–Trinajstić information content (AvgIpc) is 3.67. The number of carbonyl (C=O) groups excluding carboxylic acids is 4. The van der Waals surface area contributed by atoms with E-state index in [1.54, 1.807) is 18.2 Å². The van der Waals surface area contributed by atoms with Crippen LogP contribution >= 0.6 is 0 Å². The molecule has 1 atom stereocenters. The maximum absolute atomic E-state index is 13.0. The number of β-amino-alcohol motifs (C(OH)–C–C–N with tert-alkyl or cyclic N) is 1. The van der Waals surface area contributed by atoms with Crippen molar-refractivity contribution in [3.8, 4) is 5.75 Å². The van der Waals surface area contributed by atoms with Crippen LogP contribution in [0.3, 0.4) is 0 Å². The number of allylic oxidation sites excluding steroid dienone is 1. The molecule has 1 aliphatic heterocycles. The van der Waals surface area contributed by atoms with Gasteiger partial charge in [-0.3, -0.25) is 19.2 Å². The maximum Gasteiger partial charge on any atom is 0.391 e. The molecule has 1 aliphatic carbocycles. The fraction of sp³-hybridized carbons (Fsp3) is 0.585. The highest BCUT2D eigenvalue weighted by Gasteiger charge is 2.41. The molecular weight excluding hydrogens is 779 g/mol. The number of hydrogen-bond donors (Lipinski definition) is 4. The molecule has 1 saturated heterocycles. The Labute approximate surface area is 342 Å². The number of benzene rings is 1. The number of likely N-dealkylation sites (tertiary alicyclic amines) is 1. The van der Waals surface area contributed by atoms with Crippen molar-refractivity contribution in [2.24, 2.45) is 11.8 Å². The van der Waals surface area contributed by atoms with Gasteiger partial charge >= 0.3 is 6.18 Å². The van der Waals surface area contributed by atoms with Crippen LogP contribution in [0.1, 0.15) is 59.3 Å². The van der Waals surface area contributed by atoms with Crippen molar-refractivity contribution in [1.29, 1.82) is 0 Å². The van der Waals surface area contributed by atoms with Crippen LogP contribution < -0.4 is 20.7 Å². The molecule has 4 N–H and O–H groups in total. The summed E-state index contributed by atoms with van der Waals surface area (Å²) in [6.45, 7) is 3.09. The summed E-state index contributed by atoms with van der Waals surface area (Å²) >= 11 is 0. The predicted molar refractivity (Wildman–Crippen MR) is 209 cm³/mol. The van der Waals surface area contributed by atoms with Gasteiger partial charge in [0.05, 0.1) is 84.5 Å². The molecule has 15 nitrogen and oxygen atoms in total. The zero-order valence-corrected chi connectivity index (χ0v) is 33.4. The summed E-state index contributed by atoms with van der Waals surface area (Å²) < 4.78 is 66.1. The monoisotopic (exact) mass is 835 g/mol. The van der Waals surface area contributed by atoms with Gasteiger partial charge < -0.3 is 49.6 Å². The summed E-state index contributed by atoms with van der Waals surface area (Å²) in [6.07, 6.45) is 2.21. The van der Waals surface area contributed by atoms with Crippen LogP contribution in [0, 0.1) is 11.8 Å². The van der Waals surface area contributed by atoms with E-state index < -0.39 is 30.0 Å². The number of aliphatic hydroxyl groups excluding tert-OH is 1. The summed E-state index contributed by atoms with van der Waals surface area (Å²) in [5.74, 6) is -2.04. The van der Waals surface area contributed by atoms with Gasteiger partial charge in [-0.1, -0.05) is 36.4 Å². The topological polar surface area (TPSA) is 187 Å². The lowest BCUT2D eigenvalue weighted by Crippen LogP contribution is -2.40. The molecule has 1 saturated carbocycles. The molecule has 326 valence electrons. The van der Waals surface area contributed by atoms with Crippen LogP contribution in [0.2, 0.25) is 0 Å². The highest BCUT2D eigenvalue weighted by Crippen LogP contribution is 2.40. The van der Waals surface area contributed by atoms with E-state index >= 15 is 0 Å². The second kappa shape index (κ2) is 25.1. The first kappa shape index (κ1) is 47.1. The number of rotatable bonds is 24. The van der Waals surface area contributed by atoms with Gasteiger partial charge in [0.1, 0.15) is 18.1 Å². The van der Waals surface area contributed by atoms with Crippen molar-refractivity contribution in [3.63, 3.8) is 0 Å². The Kier molecular flexibility index (Phi) is 20.0. The summed E-state index contributed by atoms with van der Waals surface area (Å²) in [4.78, 5) is 55.0. The number of aromatic nitrogens is 1. The van der Waals surface area contributed by atoms with Gasteiger partial charge in [0.2, 0.25) is 17.7 Å². The Morgan fingerprint density at radius 1 is 0.864 bits per heavy atom. The zero-order valence-electron chi connectivity index (χ0n) is 33.4. The fourth-order valence-electron chi connectivity index (χ4n) is 6.53. The van der Waals surface area contributed by atoms with Gasteiger partial charge in [0.15, 0.2) is 0 Å². The number of hydrogen-bond acceptors (Lipinski definition) is 11. The van der Waals surface area contributed by atoms with Gasteiger partial charge in [0, 0.05) is 31.7 Å². The molecule has 0 radical (unpaired) electrons. The van der Waals surface area contributed by atoms with Crippen molar-refractivity contribution in [3.05, 3.63) is 65.0 Å². The van der Waals surface area contributed by atoms with E-state index in [0.29, 0.717) is 76.7 Å². The first-order valence-electron chi connectivity index (χ1n) is 19.9. The summed E-state index contributed by atoms with van der Waals surface area (Å²) in [5, 5.41) is 17.7. The van der Waals surface area contributed by atoms with Crippen LogP contribution in [0.4, 0.5) is 13.2 Å². The van der Waals surface area contributed by atoms with Gasteiger partial charge in [-0.2, -0.15) is 13.2 Å². The molecule has 4 rings (SSSR count). The largest absolute Gasteiger partial charge is 0.495 e. The second-order valence-corrected chi connectivity index (χ2v) is 14.3. The first-order chi connectivity index (χ1) is 28.4. The minimum absolute atomic E-state index is 0.00950. The van der Waals surface area contributed by atoms with Gasteiger partial charge in [0.25, 0.3) is 5.91 Å². The van der Waals surface area contributed by atoms with Crippen LogP contribution in [0.5, 0.6) is 5.75 Å². The second-order valence-electron chi connectivity index (χ2n) is 14.3. The van der Waals surface area contributed by atoms with Gasteiger partial charge in [-0.05, 0) is 55.2 Å². The number of halogens is 3. The Morgan fingerprint density at radius 3 is 2.20 bits per heavy atom. The molecular formula is C41H56F3N5O10. The standard InChI is InChI=1S/C41H56F3N5O10/c1-55-36-25-46-35(23-32(36)8-5-29-6-9-33(10-7-29)41(42,43)44)40(54)48-24-31-4-2-3-30(21-31)22-37(51)45-12-14-56-15-16-57-17-18-58-19-20-59-28-38(52)47-26-39(53)49-13-11-34(50)27-49/h2-5,8,21,23,25,29,33-34,50H,6-7,9-20,22,24,26-28H2,1H3,(H,45,51)(H,47,52)(H,48,54)/b8-5+/t29-,33-,34-/m1/s1.